The van der Waals surface area contributed by atoms with Gasteiger partial charge in [-0.1, -0.05) is 32.0 Å². The number of carbonyl (C=O) groups excluding carboxylic acids is 1. The molecule has 1 amide bonds. The van der Waals surface area contributed by atoms with Crippen molar-refractivity contribution in [1.29, 1.82) is 0 Å². The summed E-state index contributed by atoms with van der Waals surface area (Å²) in [6.45, 7) is 6.30. The van der Waals surface area contributed by atoms with Crippen LogP contribution in [0.2, 0.25) is 0 Å². The first-order valence-electron chi connectivity index (χ1n) is 8.21. The predicted octanol–water partition coefficient (Wildman–Crippen LogP) is 3.98. The third-order valence-electron chi connectivity index (χ3n) is 3.76. The van der Waals surface area contributed by atoms with Crippen molar-refractivity contribution in [3.05, 3.63) is 54.4 Å². The minimum Gasteiger partial charge on any atom is -0.371 e. The highest BCUT2D eigenvalue weighted by atomic mass is 16.2. The van der Waals surface area contributed by atoms with Gasteiger partial charge in [0.1, 0.15) is 5.69 Å². The molecule has 0 fully saturated rings. The number of anilines is 2. The van der Waals surface area contributed by atoms with E-state index >= 15 is 0 Å². The van der Waals surface area contributed by atoms with Gasteiger partial charge in [-0.05, 0) is 37.1 Å². The molecular weight excluding hydrogens is 286 g/mol. The summed E-state index contributed by atoms with van der Waals surface area (Å²) in [6, 6.07) is 13.5. The van der Waals surface area contributed by atoms with Gasteiger partial charge < -0.3 is 9.80 Å². The molecule has 1 aromatic heterocycles. The maximum Gasteiger partial charge on any atom is 0.276 e. The number of hydrogen-bond acceptors (Lipinski definition) is 3. The number of hydrogen-bond donors (Lipinski definition) is 0. The first-order chi connectivity index (χ1) is 11.2. The summed E-state index contributed by atoms with van der Waals surface area (Å²) in [7, 11) is 1.78. The van der Waals surface area contributed by atoms with Crippen LogP contribution in [0, 0.1) is 0 Å². The topological polar surface area (TPSA) is 36.4 Å². The highest BCUT2D eigenvalue weighted by Gasteiger charge is 2.16. The van der Waals surface area contributed by atoms with E-state index in [0.717, 1.165) is 37.3 Å². The molecule has 2 rings (SSSR count). The van der Waals surface area contributed by atoms with Crippen LogP contribution in [0.1, 0.15) is 37.2 Å². The molecule has 0 bridgehead atoms. The fourth-order valence-corrected chi connectivity index (χ4v) is 2.58. The number of amides is 1. The van der Waals surface area contributed by atoms with E-state index in [2.05, 4.69) is 23.7 Å². The van der Waals surface area contributed by atoms with Crippen LogP contribution in [-0.4, -0.2) is 31.0 Å². The molecule has 1 heterocycles. The molecule has 0 aliphatic carbocycles. The van der Waals surface area contributed by atoms with Crippen molar-refractivity contribution in [2.24, 2.45) is 0 Å². The lowest BCUT2D eigenvalue weighted by Crippen LogP contribution is -2.28. The normalized spacial score (nSPS) is 10.4. The minimum atomic E-state index is -0.0917. The second kappa shape index (κ2) is 8.32. The Morgan fingerprint density at radius 3 is 2.26 bits per heavy atom. The fourth-order valence-electron chi connectivity index (χ4n) is 2.58. The smallest absolute Gasteiger partial charge is 0.276 e. The minimum absolute atomic E-state index is 0.0917. The average molecular weight is 311 g/mol. The van der Waals surface area contributed by atoms with Crippen molar-refractivity contribution in [1.82, 2.24) is 4.98 Å². The van der Waals surface area contributed by atoms with Crippen LogP contribution in [0.15, 0.2) is 48.7 Å². The van der Waals surface area contributed by atoms with Gasteiger partial charge in [0.15, 0.2) is 0 Å². The van der Waals surface area contributed by atoms with E-state index in [9.17, 15) is 4.79 Å². The molecular formula is C19H25N3O. The molecule has 0 spiro atoms. The Morgan fingerprint density at radius 1 is 1.00 bits per heavy atom. The predicted molar refractivity (Wildman–Crippen MR) is 96.2 cm³/mol. The Bertz CT molecular complexity index is 622. The van der Waals surface area contributed by atoms with Crippen LogP contribution in [0.3, 0.4) is 0 Å². The second-order valence-electron chi connectivity index (χ2n) is 5.59. The third kappa shape index (κ3) is 4.31. The van der Waals surface area contributed by atoms with Crippen molar-refractivity contribution >= 4 is 17.3 Å². The lowest BCUT2D eigenvalue weighted by Gasteiger charge is -2.24. The number of benzene rings is 1. The molecule has 4 heteroatoms. The van der Waals surface area contributed by atoms with Gasteiger partial charge in [0.05, 0.1) is 0 Å². The molecule has 0 atom stereocenters. The number of para-hydroxylation sites is 1. The summed E-state index contributed by atoms with van der Waals surface area (Å²) in [5.74, 6) is -0.0917. The highest BCUT2D eigenvalue weighted by molar-refractivity contribution is 6.04. The Morgan fingerprint density at radius 2 is 1.65 bits per heavy atom. The van der Waals surface area contributed by atoms with E-state index in [4.69, 9.17) is 0 Å². The number of aromatic nitrogens is 1. The zero-order valence-corrected chi connectivity index (χ0v) is 14.2. The molecule has 0 radical (unpaired) electrons. The largest absolute Gasteiger partial charge is 0.371 e. The molecule has 0 aliphatic heterocycles. The first-order valence-corrected chi connectivity index (χ1v) is 8.21. The summed E-state index contributed by atoms with van der Waals surface area (Å²) in [6.07, 6.45) is 3.88. The standard InChI is InChI=1S/C19H25N3O/c1-4-13-22(14-5-2)17-11-12-20-18(15-17)19(23)21(3)16-9-7-6-8-10-16/h6-12,15H,4-5,13-14H2,1-3H3. The van der Waals surface area contributed by atoms with Crippen molar-refractivity contribution in [2.75, 3.05) is 29.9 Å². The molecule has 122 valence electrons. The lowest BCUT2D eigenvalue weighted by atomic mass is 10.2. The van der Waals surface area contributed by atoms with Gasteiger partial charge in [-0.3, -0.25) is 9.78 Å². The van der Waals surface area contributed by atoms with Crippen LogP contribution >= 0.6 is 0 Å². The van der Waals surface area contributed by atoms with Crippen LogP contribution in [-0.2, 0) is 0 Å². The van der Waals surface area contributed by atoms with E-state index in [1.54, 1.807) is 18.1 Å². The fraction of sp³-hybridized carbons (Fsp3) is 0.368. The number of rotatable bonds is 7. The lowest BCUT2D eigenvalue weighted by molar-refractivity contribution is 0.0988. The van der Waals surface area contributed by atoms with Crippen LogP contribution in [0.4, 0.5) is 11.4 Å². The Balaban J connectivity index is 2.23. The Labute approximate surface area is 138 Å². The molecule has 23 heavy (non-hydrogen) atoms. The molecule has 0 saturated heterocycles. The molecule has 0 N–H and O–H groups in total. The summed E-state index contributed by atoms with van der Waals surface area (Å²) in [4.78, 5) is 20.9. The quantitative estimate of drug-likeness (QED) is 0.776. The summed E-state index contributed by atoms with van der Waals surface area (Å²) in [5.41, 5.74) is 2.41. The summed E-state index contributed by atoms with van der Waals surface area (Å²) >= 11 is 0. The molecule has 1 aromatic carbocycles. The Kier molecular flexibility index (Phi) is 6.15. The highest BCUT2D eigenvalue weighted by Crippen LogP contribution is 2.19. The van der Waals surface area contributed by atoms with Gasteiger partial charge in [0, 0.05) is 37.7 Å². The van der Waals surface area contributed by atoms with E-state index < -0.39 is 0 Å². The maximum absolute atomic E-state index is 12.7. The summed E-state index contributed by atoms with van der Waals surface area (Å²) in [5, 5.41) is 0. The SMILES string of the molecule is CCCN(CCC)c1ccnc(C(=O)N(C)c2ccccc2)c1. The maximum atomic E-state index is 12.7. The zero-order chi connectivity index (χ0) is 16.7. The van der Waals surface area contributed by atoms with Gasteiger partial charge >= 0.3 is 0 Å². The van der Waals surface area contributed by atoms with E-state index in [-0.39, 0.29) is 5.91 Å². The van der Waals surface area contributed by atoms with E-state index in [1.165, 1.54) is 0 Å². The molecule has 0 aliphatic rings. The number of pyridine rings is 1. The first kappa shape index (κ1) is 17.0. The zero-order valence-electron chi connectivity index (χ0n) is 14.2. The van der Waals surface area contributed by atoms with Crippen LogP contribution in [0.25, 0.3) is 0 Å². The number of nitrogens with zero attached hydrogens (tertiary/aromatic N) is 3. The van der Waals surface area contributed by atoms with Gasteiger partial charge in [-0.15, -0.1) is 0 Å². The Hall–Kier alpha value is -2.36. The van der Waals surface area contributed by atoms with Crippen LogP contribution in [0.5, 0.6) is 0 Å². The molecule has 2 aromatic rings. The summed E-state index contributed by atoms with van der Waals surface area (Å²) < 4.78 is 0. The molecule has 0 saturated carbocycles. The number of carbonyl (C=O) groups is 1. The van der Waals surface area contributed by atoms with E-state index in [0.29, 0.717) is 5.69 Å². The van der Waals surface area contributed by atoms with Crippen molar-refractivity contribution in [3.63, 3.8) is 0 Å². The van der Waals surface area contributed by atoms with Crippen LogP contribution < -0.4 is 9.80 Å². The second-order valence-corrected chi connectivity index (χ2v) is 5.59. The van der Waals surface area contributed by atoms with Gasteiger partial charge in [-0.2, -0.15) is 0 Å². The van der Waals surface area contributed by atoms with Gasteiger partial charge in [-0.25, -0.2) is 0 Å². The molecule has 4 nitrogen and oxygen atoms in total. The van der Waals surface area contributed by atoms with Gasteiger partial charge in [0.25, 0.3) is 5.91 Å². The van der Waals surface area contributed by atoms with Crippen molar-refractivity contribution in [2.45, 2.75) is 26.7 Å². The monoisotopic (exact) mass is 311 g/mol. The third-order valence-corrected chi connectivity index (χ3v) is 3.76. The molecule has 0 unspecified atom stereocenters. The van der Waals surface area contributed by atoms with Crippen molar-refractivity contribution in [3.8, 4) is 0 Å². The van der Waals surface area contributed by atoms with E-state index in [1.807, 2.05) is 42.5 Å². The van der Waals surface area contributed by atoms with Gasteiger partial charge in [0.2, 0.25) is 0 Å². The average Bonchev–Trinajstić information content (AvgIpc) is 2.61. The van der Waals surface area contributed by atoms with Crippen molar-refractivity contribution < 1.29 is 4.79 Å².